The van der Waals surface area contributed by atoms with E-state index in [1.165, 1.54) is 89.9 Å². The summed E-state index contributed by atoms with van der Waals surface area (Å²) in [6.45, 7) is 5.70. The highest BCUT2D eigenvalue weighted by atomic mass is 16.7. The largest absolute Gasteiger partial charge is 0.453 e. The quantitative estimate of drug-likeness (QED) is 0.0348. The van der Waals surface area contributed by atoms with E-state index in [4.69, 9.17) is 14.2 Å². The molecule has 0 aromatic heterocycles. The average molecular weight is 723 g/mol. The number of esters is 2. The maximum absolute atomic E-state index is 13.0. The average Bonchev–Trinajstić information content (AvgIpc) is 3.12. The Morgan fingerprint density at radius 2 is 1.04 bits per heavy atom. The summed E-state index contributed by atoms with van der Waals surface area (Å²) < 4.78 is 16.7. The van der Waals surface area contributed by atoms with Crippen molar-refractivity contribution in [2.75, 3.05) is 6.61 Å². The molecule has 0 spiro atoms. The van der Waals surface area contributed by atoms with Gasteiger partial charge < -0.3 is 29.5 Å². The first-order valence-corrected chi connectivity index (χ1v) is 21.2. The number of rotatable bonds is 33. The molecule has 2 unspecified atom stereocenters. The molecule has 0 bridgehead atoms. The maximum atomic E-state index is 13.0. The van der Waals surface area contributed by atoms with Crippen LogP contribution in [-0.4, -0.2) is 64.6 Å². The Hall–Kier alpha value is -1.74. The number of hydrogen-bond donors (Lipinski definition) is 3. The lowest BCUT2D eigenvalue weighted by Crippen LogP contribution is -2.60. The molecule has 1 heterocycles. The van der Waals surface area contributed by atoms with Crippen molar-refractivity contribution in [3.63, 3.8) is 0 Å². The van der Waals surface area contributed by atoms with Crippen molar-refractivity contribution >= 4 is 11.9 Å². The van der Waals surface area contributed by atoms with E-state index < -0.39 is 55.2 Å². The second-order valence-corrected chi connectivity index (χ2v) is 14.9. The Kier molecular flexibility index (Phi) is 30.5. The van der Waals surface area contributed by atoms with Gasteiger partial charge in [-0.2, -0.15) is 0 Å². The molecule has 1 fully saturated rings. The summed E-state index contributed by atoms with van der Waals surface area (Å²) in [5.74, 6) is -1.47. The molecule has 1 aliphatic rings. The van der Waals surface area contributed by atoms with Gasteiger partial charge in [0.1, 0.15) is 18.3 Å². The zero-order valence-corrected chi connectivity index (χ0v) is 33.0. The van der Waals surface area contributed by atoms with E-state index in [0.29, 0.717) is 12.8 Å². The molecule has 8 nitrogen and oxygen atoms in total. The van der Waals surface area contributed by atoms with E-state index in [2.05, 4.69) is 38.2 Å². The van der Waals surface area contributed by atoms with E-state index in [1.807, 2.05) is 0 Å². The fraction of sp³-hybridized carbons (Fsp3) is 0.860. The summed E-state index contributed by atoms with van der Waals surface area (Å²) in [7, 11) is 0. The molecular weight excluding hydrogens is 644 g/mol. The Morgan fingerprint density at radius 1 is 0.608 bits per heavy atom. The number of unbranched alkanes of at least 4 members (excludes halogenated alkanes) is 21. The lowest BCUT2D eigenvalue weighted by atomic mass is 9.98. The standard InChI is InChI=1S/C43H78O8/c1-4-6-8-10-12-14-16-18-20-22-24-26-28-30-32-34-38(45)50-41-40(47)39(46)37(35-44)49-43(41)51-42(48)36(3)33-31-29-27-25-23-21-19-17-15-13-11-9-7-5-2/h18-21,36-37,39-41,43-44,46-47H,4-17,22-35H2,1-3H3/t36?,37-,39-,40+,41-,43?/m1/s1. The highest BCUT2D eigenvalue weighted by Gasteiger charge is 2.48. The van der Waals surface area contributed by atoms with E-state index in [9.17, 15) is 24.9 Å². The van der Waals surface area contributed by atoms with Gasteiger partial charge >= 0.3 is 11.9 Å². The van der Waals surface area contributed by atoms with Crippen LogP contribution in [0.15, 0.2) is 24.3 Å². The fourth-order valence-electron chi connectivity index (χ4n) is 6.52. The van der Waals surface area contributed by atoms with Crippen LogP contribution in [0.3, 0.4) is 0 Å². The predicted octanol–water partition coefficient (Wildman–Crippen LogP) is 10.2. The predicted molar refractivity (Wildman–Crippen MR) is 207 cm³/mol. The maximum Gasteiger partial charge on any atom is 0.311 e. The number of aliphatic hydroxyl groups excluding tert-OH is 3. The second-order valence-electron chi connectivity index (χ2n) is 14.9. The minimum atomic E-state index is -1.55. The number of ether oxygens (including phenoxy) is 3. The molecule has 0 saturated carbocycles. The molecule has 8 heteroatoms. The lowest BCUT2D eigenvalue weighted by molar-refractivity contribution is -0.297. The molecule has 51 heavy (non-hydrogen) atoms. The molecule has 1 aliphatic heterocycles. The van der Waals surface area contributed by atoms with Gasteiger partial charge in [-0.25, -0.2) is 0 Å². The van der Waals surface area contributed by atoms with Gasteiger partial charge in [0.15, 0.2) is 6.10 Å². The number of hydrogen-bond acceptors (Lipinski definition) is 8. The zero-order valence-electron chi connectivity index (χ0n) is 33.0. The van der Waals surface area contributed by atoms with Crippen LogP contribution in [0.5, 0.6) is 0 Å². The highest BCUT2D eigenvalue weighted by molar-refractivity contribution is 5.72. The summed E-state index contributed by atoms with van der Waals surface area (Å²) >= 11 is 0. The smallest absolute Gasteiger partial charge is 0.311 e. The lowest BCUT2D eigenvalue weighted by Gasteiger charge is -2.41. The van der Waals surface area contributed by atoms with Crippen molar-refractivity contribution in [2.24, 2.45) is 5.92 Å². The van der Waals surface area contributed by atoms with E-state index >= 15 is 0 Å². The van der Waals surface area contributed by atoms with Crippen LogP contribution in [0.1, 0.15) is 194 Å². The number of allylic oxidation sites excluding steroid dienone is 4. The van der Waals surface area contributed by atoms with Crippen LogP contribution in [0.4, 0.5) is 0 Å². The van der Waals surface area contributed by atoms with E-state index in [-0.39, 0.29) is 6.42 Å². The highest BCUT2D eigenvalue weighted by Crippen LogP contribution is 2.27. The number of aliphatic hydroxyl groups is 3. The monoisotopic (exact) mass is 723 g/mol. The summed E-state index contributed by atoms with van der Waals surface area (Å²) in [6.07, 6.45) is 32.4. The minimum absolute atomic E-state index is 0.160. The molecule has 0 amide bonds. The van der Waals surface area contributed by atoms with Gasteiger partial charge in [0.25, 0.3) is 0 Å². The van der Waals surface area contributed by atoms with Crippen LogP contribution >= 0.6 is 0 Å². The first kappa shape index (κ1) is 47.3. The van der Waals surface area contributed by atoms with Crippen molar-refractivity contribution in [3.05, 3.63) is 24.3 Å². The van der Waals surface area contributed by atoms with Crippen molar-refractivity contribution in [2.45, 2.75) is 225 Å². The summed E-state index contributed by atoms with van der Waals surface area (Å²) in [6, 6.07) is 0. The van der Waals surface area contributed by atoms with Crippen LogP contribution in [0, 0.1) is 5.92 Å². The molecule has 6 atom stereocenters. The molecule has 298 valence electrons. The second kappa shape index (κ2) is 32.9. The summed E-state index contributed by atoms with van der Waals surface area (Å²) in [5, 5.41) is 30.8. The SMILES string of the molecule is CCCCCCCCC=CCCCCCCCC(=O)O[C@H]1C(OC(=O)C(C)CCCCCCC=CCCCCCCCC)O[C@H](CO)[C@@H](O)[C@@H]1O. The summed E-state index contributed by atoms with van der Waals surface area (Å²) in [5.41, 5.74) is 0. The van der Waals surface area contributed by atoms with Gasteiger partial charge in [0, 0.05) is 6.42 Å². The normalized spacial score (nSPS) is 21.4. The topological polar surface area (TPSA) is 123 Å². The summed E-state index contributed by atoms with van der Waals surface area (Å²) in [4.78, 5) is 25.7. The Morgan fingerprint density at radius 3 is 1.51 bits per heavy atom. The van der Waals surface area contributed by atoms with Crippen molar-refractivity contribution < 1.29 is 39.1 Å². The molecule has 1 saturated heterocycles. The third-order valence-corrected chi connectivity index (χ3v) is 10.0. The minimum Gasteiger partial charge on any atom is -0.453 e. The van der Waals surface area contributed by atoms with Gasteiger partial charge in [-0.3, -0.25) is 9.59 Å². The van der Waals surface area contributed by atoms with Gasteiger partial charge in [0.2, 0.25) is 6.29 Å². The van der Waals surface area contributed by atoms with Crippen molar-refractivity contribution in [3.8, 4) is 0 Å². The van der Waals surface area contributed by atoms with Gasteiger partial charge in [-0.15, -0.1) is 0 Å². The van der Waals surface area contributed by atoms with Crippen LogP contribution in [0.25, 0.3) is 0 Å². The number of carbonyl (C=O) groups is 2. The molecular formula is C43H78O8. The third-order valence-electron chi connectivity index (χ3n) is 10.0. The molecule has 0 aromatic rings. The van der Waals surface area contributed by atoms with Gasteiger partial charge in [-0.1, -0.05) is 148 Å². The Balaban J connectivity index is 2.30. The van der Waals surface area contributed by atoms with Crippen molar-refractivity contribution in [1.29, 1.82) is 0 Å². The van der Waals surface area contributed by atoms with Crippen LogP contribution in [-0.2, 0) is 23.8 Å². The number of carbonyl (C=O) groups excluding carboxylic acids is 2. The fourth-order valence-corrected chi connectivity index (χ4v) is 6.52. The molecule has 0 aromatic carbocycles. The molecule has 3 N–H and O–H groups in total. The zero-order chi connectivity index (χ0) is 37.4. The Labute approximate surface area is 312 Å². The molecule has 0 radical (unpaired) electrons. The first-order valence-electron chi connectivity index (χ1n) is 21.2. The van der Waals surface area contributed by atoms with Gasteiger partial charge in [0.05, 0.1) is 12.5 Å². The Bertz CT molecular complexity index is 889. The van der Waals surface area contributed by atoms with Gasteiger partial charge in [-0.05, 0) is 64.2 Å². The van der Waals surface area contributed by atoms with E-state index in [0.717, 1.165) is 64.2 Å². The van der Waals surface area contributed by atoms with Crippen LogP contribution in [0.2, 0.25) is 0 Å². The first-order chi connectivity index (χ1) is 24.8. The van der Waals surface area contributed by atoms with Crippen molar-refractivity contribution in [1.82, 2.24) is 0 Å². The van der Waals surface area contributed by atoms with E-state index in [1.54, 1.807) is 6.92 Å². The van der Waals surface area contributed by atoms with Crippen LogP contribution < -0.4 is 0 Å². The molecule has 1 rings (SSSR count). The molecule has 0 aliphatic carbocycles. The third kappa shape index (κ3) is 24.2.